The van der Waals surface area contributed by atoms with Crippen LogP contribution in [0.15, 0.2) is 39.6 Å². The summed E-state index contributed by atoms with van der Waals surface area (Å²) < 4.78 is 31.6. The van der Waals surface area contributed by atoms with E-state index in [-0.39, 0.29) is 17.9 Å². The van der Waals surface area contributed by atoms with E-state index >= 15 is 0 Å². The van der Waals surface area contributed by atoms with E-state index in [1.807, 2.05) is 0 Å². The third-order valence-corrected chi connectivity index (χ3v) is 5.10. The lowest BCUT2D eigenvalue weighted by atomic mass is 10.2. The summed E-state index contributed by atoms with van der Waals surface area (Å²) in [4.78, 5) is 23.7. The van der Waals surface area contributed by atoms with Crippen LogP contribution in [0, 0.1) is 13.8 Å². The Bertz CT molecular complexity index is 906. The molecule has 1 aromatic heterocycles. The number of carbonyl (C=O) groups is 2. The molecule has 1 aromatic carbocycles. The van der Waals surface area contributed by atoms with Gasteiger partial charge in [-0.15, -0.1) is 0 Å². The first kappa shape index (κ1) is 20.0. The summed E-state index contributed by atoms with van der Waals surface area (Å²) in [5.74, 6) is -0.0509. The topological polar surface area (TPSA) is 118 Å². The molecule has 0 atom stereocenters. The average molecular weight is 400 g/mol. The standard InChI is InChI=1S/C16H18ClN3O5S/c1-10-9-14(11(2)25-10)16(22)20-19-15(21)7-8-18-26(23,24)13-5-3-12(17)4-6-13/h3-6,9,18H,7-8H2,1-2H3,(H,19,21)(H,20,22). The van der Waals surface area contributed by atoms with Crippen LogP contribution >= 0.6 is 11.6 Å². The maximum absolute atomic E-state index is 12.0. The first-order valence-electron chi connectivity index (χ1n) is 7.60. The first-order chi connectivity index (χ1) is 12.2. The number of sulfonamides is 1. The fourth-order valence-corrected chi connectivity index (χ4v) is 3.27. The summed E-state index contributed by atoms with van der Waals surface area (Å²) >= 11 is 5.71. The summed E-state index contributed by atoms with van der Waals surface area (Å²) in [6.45, 7) is 3.21. The van der Waals surface area contributed by atoms with Gasteiger partial charge in [-0.2, -0.15) is 0 Å². The van der Waals surface area contributed by atoms with Crippen LogP contribution < -0.4 is 15.6 Å². The third kappa shape index (κ3) is 5.32. The second-order valence-corrected chi connectivity index (χ2v) is 7.63. The van der Waals surface area contributed by atoms with Gasteiger partial charge in [0.25, 0.3) is 5.91 Å². The molecule has 26 heavy (non-hydrogen) atoms. The van der Waals surface area contributed by atoms with Gasteiger partial charge in [-0.25, -0.2) is 13.1 Å². The summed E-state index contributed by atoms with van der Waals surface area (Å²) in [6, 6.07) is 7.19. The number of amides is 2. The monoisotopic (exact) mass is 399 g/mol. The Kier molecular flexibility index (Phi) is 6.41. The molecule has 0 aliphatic rings. The van der Waals surface area contributed by atoms with Gasteiger partial charge in [0.15, 0.2) is 0 Å². The number of carbonyl (C=O) groups excluding carboxylic acids is 2. The van der Waals surface area contributed by atoms with Gasteiger partial charge in [0.2, 0.25) is 15.9 Å². The molecule has 1 heterocycles. The zero-order valence-electron chi connectivity index (χ0n) is 14.1. The Balaban J connectivity index is 1.79. The predicted molar refractivity (Wildman–Crippen MR) is 95.0 cm³/mol. The largest absolute Gasteiger partial charge is 0.466 e. The molecule has 2 amide bonds. The molecule has 3 N–H and O–H groups in total. The van der Waals surface area contributed by atoms with E-state index in [4.69, 9.17) is 16.0 Å². The molecule has 0 spiro atoms. The van der Waals surface area contributed by atoms with E-state index in [2.05, 4.69) is 15.6 Å². The van der Waals surface area contributed by atoms with Gasteiger partial charge in [-0.3, -0.25) is 20.4 Å². The van der Waals surface area contributed by atoms with Crippen LogP contribution in [-0.2, 0) is 14.8 Å². The molecule has 2 rings (SSSR count). The van der Waals surface area contributed by atoms with E-state index in [9.17, 15) is 18.0 Å². The number of halogens is 1. The average Bonchev–Trinajstić information content (AvgIpc) is 2.91. The quantitative estimate of drug-likeness (QED) is 0.639. The van der Waals surface area contributed by atoms with Crippen LogP contribution in [0.25, 0.3) is 0 Å². The number of hydrogen-bond donors (Lipinski definition) is 3. The fourth-order valence-electron chi connectivity index (χ4n) is 2.11. The van der Waals surface area contributed by atoms with Crippen molar-refractivity contribution in [3.05, 3.63) is 52.4 Å². The smallest absolute Gasteiger partial charge is 0.273 e. The van der Waals surface area contributed by atoms with Crippen LogP contribution in [0.4, 0.5) is 0 Å². The van der Waals surface area contributed by atoms with Crippen molar-refractivity contribution in [2.45, 2.75) is 25.2 Å². The number of hydrazine groups is 1. The van der Waals surface area contributed by atoms with Crippen LogP contribution in [0.5, 0.6) is 0 Å². The van der Waals surface area contributed by atoms with Gasteiger partial charge in [-0.1, -0.05) is 11.6 Å². The Hall–Kier alpha value is -2.36. The van der Waals surface area contributed by atoms with Gasteiger partial charge >= 0.3 is 0 Å². The van der Waals surface area contributed by atoms with E-state index in [0.29, 0.717) is 22.1 Å². The van der Waals surface area contributed by atoms with Crippen molar-refractivity contribution in [1.82, 2.24) is 15.6 Å². The van der Waals surface area contributed by atoms with Crippen LogP contribution in [0.1, 0.15) is 28.3 Å². The molecular weight excluding hydrogens is 382 g/mol. The normalized spacial score (nSPS) is 11.2. The number of aryl methyl sites for hydroxylation is 2. The summed E-state index contributed by atoms with van der Waals surface area (Å²) in [7, 11) is -3.74. The summed E-state index contributed by atoms with van der Waals surface area (Å²) in [5.41, 5.74) is 4.78. The molecule has 0 saturated carbocycles. The Labute approximate surface area is 155 Å². The molecule has 8 nitrogen and oxygen atoms in total. The highest BCUT2D eigenvalue weighted by Crippen LogP contribution is 2.14. The van der Waals surface area contributed by atoms with Crippen molar-refractivity contribution in [3.8, 4) is 0 Å². The molecule has 0 unspecified atom stereocenters. The van der Waals surface area contributed by atoms with Crippen molar-refractivity contribution in [2.75, 3.05) is 6.54 Å². The molecule has 0 radical (unpaired) electrons. The number of benzene rings is 1. The van der Waals surface area contributed by atoms with E-state index in [1.165, 1.54) is 24.3 Å². The van der Waals surface area contributed by atoms with Gasteiger partial charge < -0.3 is 4.42 Å². The highest BCUT2D eigenvalue weighted by atomic mass is 35.5. The minimum atomic E-state index is -3.74. The summed E-state index contributed by atoms with van der Waals surface area (Å²) in [6.07, 6.45) is -0.156. The molecule has 2 aromatic rings. The van der Waals surface area contributed by atoms with Gasteiger partial charge in [0.05, 0.1) is 10.5 Å². The number of nitrogens with one attached hydrogen (secondary N) is 3. The van der Waals surface area contributed by atoms with Crippen LogP contribution in [0.2, 0.25) is 5.02 Å². The molecule has 0 saturated heterocycles. The first-order valence-corrected chi connectivity index (χ1v) is 9.46. The van der Waals surface area contributed by atoms with Crippen molar-refractivity contribution in [1.29, 1.82) is 0 Å². The maximum atomic E-state index is 12.0. The van der Waals surface area contributed by atoms with E-state index in [1.54, 1.807) is 19.9 Å². The lowest BCUT2D eigenvalue weighted by molar-refractivity contribution is -0.121. The lowest BCUT2D eigenvalue weighted by Gasteiger charge is -2.08. The van der Waals surface area contributed by atoms with Gasteiger partial charge in [-0.05, 0) is 44.2 Å². The van der Waals surface area contributed by atoms with Crippen molar-refractivity contribution < 1.29 is 22.4 Å². The highest BCUT2D eigenvalue weighted by Gasteiger charge is 2.16. The number of furan rings is 1. The zero-order chi connectivity index (χ0) is 19.3. The fraction of sp³-hybridized carbons (Fsp3) is 0.250. The molecule has 0 bridgehead atoms. The Morgan fingerprint density at radius 1 is 1.12 bits per heavy atom. The summed E-state index contributed by atoms with van der Waals surface area (Å²) in [5, 5.41) is 0.419. The SMILES string of the molecule is Cc1cc(C(=O)NNC(=O)CCNS(=O)(=O)c2ccc(Cl)cc2)c(C)o1. The second-order valence-electron chi connectivity index (χ2n) is 5.43. The third-order valence-electron chi connectivity index (χ3n) is 3.37. The van der Waals surface area contributed by atoms with E-state index < -0.39 is 21.8 Å². The van der Waals surface area contributed by atoms with Gasteiger partial charge in [0, 0.05) is 18.0 Å². The molecule has 0 aliphatic carbocycles. The number of hydrogen-bond acceptors (Lipinski definition) is 5. The minimum Gasteiger partial charge on any atom is -0.466 e. The number of rotatable bonds is 6. The lowest BCUT2D eigenvalue weighted by Crippen LogP contribution is -2.42. The predicted octanol–water partition coefficient (Wildman–Crippen LogP) is 1.68. The molecule has 0 aliphatic heterocycles. The van der Waals surface area contributed by atoms with Crippen molar-refractivity contribution in [3.63, 3.8) is 0 Å². The van der Waals surface area contributed by atoms with Crippen LogP contribution in [-0.4, -0.2) is 26.8 Å². The van der Waals surface area contributed by atoms with Crippen molar-refractivity contribution >= 4 is 33.4 Å². The van der Waals surface area contributed by atoms with E-state index in [0.717, 1.165) is 0 Å². The minimum absolute atomic E-state index is 0.0430. The van der Waals surface area contributed by atoms with Crippen LogP contribution in [0.3, 0.4) is 0 Å². The van der Waals surface area contributed by atoms with Gasteiger partial charge in [0.1, 0.15) is 11.5 Å². The van der Waals surface area contributed by atoms with Crippen molar-refractivity contribution in [2.24, 2.45) is 0 Å². The highest BCUT2D eigenvalue weighted by molar-refractivity contribution is 7.89. The second kappa shape index (κ2) is 8.35. The molecule has 10 heteroatoms. The Morgan fingerprint density at radius 2 is 1.77 bits per heavy atom. The molecule has 0 fully saturated rings. The molecule has 140 valence electrons. The Morgan fingerprint density at radius 3 is 2.35 bits per heavy atom. The zero-order valence-corrected chi connectivity index (χ0v) is 15.7. The molecular formula is C16H18ClN3O5S. The maximum Gasteiger partial charge on any atom is 0.273 e.